The highest BCUT2D eigenvalue weighted by Gasteiger charge is 2.12. The summed E-state index contributed by atoms with van der Waals surface area (Å²) in [5.74, 6) is -0.402. The Kier molecular flexibility index (Phi) is 3.55. The molecule has 0 spiro atoms. The van der Waals surface area contributed by atoms with E-state index in [0.717, 1.165) is 33.4 Å². The van der Waals surface area contributed by atoms with Crippen molar-refractivity contribution in [2.45, 2.75) is 6.61 Å². The number of hydrogen-bond acceptors (Lipinski definition) is 2. The maximum Gasteiger partial charge on any atom is 0.137 e. The van der Waals surface area contributed by atoms with Crippen LogP contribution in [0.5, 0.6) is 0 Å². The van der Waals surface area contributed by atoms with Crippen LogP contribution >= 0.6 is 0 Å². The SMILES string of the molecule is OCc1c(F)cccc1-c1ccc2nc(-c3cccc4[nH]ccc34)cn2c1. The van der Waals surface area contributed by atoms with Crippen LogP contribution in [0, 0.1) is 5.82 Å². The van der Waals surface area contributed by atoms with Crippen molar-refractivity contribution >= 4 is 16.6 Å². The number of aliphatic hydroxyl groups excluding tert-OH is 1. The number of hydrogen-bond donors (Lipinski definition) is 2. The van der Waals surface area contributed by atoms with Crippen LogP contribution in [0.25, 0.3) is 38.9 Å². The van der Waals surface area contributed by atoms with Crippen molar-refractivity contribution in [3.8, 4) is 22.4 Å². The Morgan fingerprint density at radius 2 is 1.81 bits per heavy atom. The van der Waals surface area contributed by atoms with E-state index in [9.17, 15) is 9.50 Å². The highest BCUT2D eigenvalue weighted by Crippen LogP contribution is 2.30. The smallest absolute Gasteiger partial charge is 0.137 e. The first-order chi connectivity index (χ1) is 13.2. The summed E-state index contributed by atoms with van der Waals surface area (Å²) in [4.78, 5) is 7.95. The minimum Gasteiger partial charge on any atom is -0.392 e. The van der Waals surface area contributed by atoms with Crippen molar-refractivity contribution in [2.24, 2.45) is 0 Å². The Hall–Kier alpha value is -3.44. The molecule has 132 valence electrons. The van der Waals surface area contributed by atoms with E-state index >= 15 is 0 Å². The van der Waals surface area contributed by atoms with E-state index in [4.69, 9.17) is 4.98 Å². The molecule has 3 aromatic heterocycles. The highest BCUT2D eigenvalue weighted by atomic mass is 19.1. The first kappa shape index (κ1) is 15.8. The standard InChI is InChI=1S/C22H16FN3O/c23-19-5-1-3-15(18(19)13-27)14-7-8-22-25-21(12-26(22)11-14)16-4-2-6-20-17(16)9-10-24-20/h1-12,24,27H,13H2. The van der Waals surface area contributed by atoms with Crippen molar-refractivity contribution in [3.63, 3.8) is 0 Å². The summed E-state index contributed by atoms with van der Waals surface area (Å²) in [5, 5.41) is 10.7. The number of imidazole rings is 1. The van der Waals surface area contributed by atoms with E-state index in [2.05, 4.69) is 11.1 Å². The molecule has 5 heteroatoms. The summed E-state index contributed by atoms with van der Waals surface area (Å²) in [6.45, 7) is -0.343. The average molecular weight is 357 g/mol. The fraction of sp³-hybridized carbons (Fsp3) is 0.0455. The summed E-state index contributed by atoms with van der Waals surface area (Å²) in [7, 11) is 0. The van der Waals surface area contributed by atoms with Crippen LogP contribution in [-0.2, 0) is 6.61 Å². The van der Waals surface area contributed by atoms with Crippen LogP contribution in [0.1, 0.15) is 5.56 Å². The number of aliphatic hydroxyl groups is 1. The van der Waals surface area contributed by atoms with Gasteiger partial charge in [0.25, 0.3) is 0 Å². The zero-order chi connectivity index (χ0) is 18.4. The molecule has 0 bridgehead atoms. The lowest BCUT2D eigenvalue weighted by molar-refractivity contribution is 0.276. The van der Waals surface area contributed by atoms with Gasteiger partial charge in [0.05, 0.1) is 12.3 Å². The highest BCUT2D eigenvalue weighted by molar-refractivity contribution is 5.94. The third-order valence-corrected chi connectivity index (χ3v) is 4.91. The second-order valence-corrected chi connectivity index (χ2v) is 6.48. The van der Waals surface area contributed by atoms with Crippen molar-refractivity contribution in [3.05, 3.63) is 84.6 Å². The van der Waals surface area contributed by atoms with Gasteiger partial charge in [0.2, 0.25) is 0 Å². The van der Waals surface area contributed by atoms with Gasteiger partial charge in [-0.05, 0) is 41.5 Å². The lowest BCUT2D eigenvalue weighted by Gasteiger charge is -2.09. The number of rotatable bonds is 3. The Labute approximate surface area is 154 Å². The normalized spacial score (nSPS) is 11.5. The molecule has 0 fully saturated rings. The molecule has 0 unspecified atom stereocenters. The largest absolute Gasteiger partial charge is 0.392 e. The van der Waals surface area contributed by atoms with E-state index in [-0.39, 0.29) is 6.61 Å². The van der Waals surface area contributed by atoms with E-state index < -0.39 is 5.82 Å². The van der Waals surface area contributed by atoms with Crippen LogP contribution in [0.4, 0.5) is 4.39 Å². The fourth-order valence-corrected chi connectivity index (χ4v) is 3.58. The Morgan fingerprint density at radius 1 is 0.963 bits per heavy atom. The number of pyridine rings is 1. The Balaban J connectivity index is 1.66. The number of nitrogens with one attached hydrogen (secondary N) is 1. The van der Waals surface area contributed by atoms with Crippen molar-refractivity contribution in [1.82, 2.24) is 14.4 Å². The predicted molar refractivity (Wildman–Crippen MR) is 104 cm³/mol. The molecule has 3 heterocycles. The molecule has 0 aliphatic rings. The molecule has 0 amide bonds. The van der Waals surface area contributed by atoms with Crippen LogP contribution in [-0.4, -0.2) is 19.5 Å². The fourth-order valence-electron chi connectivity index (χ4n) is 3.58. The molecule has 0 aliphatic heterocycles. The molecule has 2 aromatic carbocycles. The minimum atomic E-state index is -0.402. The molecule has 2 N–H and O–H groups in total. The number of aromatic amines is 1. The third-order valence-electron chi connectivity index (χ3n) is 4.91. The molecular weight excluding hydrogens is 341 g/mol. The lowest BCUT2D eigenvalue weighted by atomic mass is 10.0. The van der Waals surface area contributed by atoms with Crippen LogP contribution in [0.15, 0.2) is 73.2 Å². The summed E-state index contributed by atoms with van der Waals surface area (Å²) in [6.07, 6.45) is 5.80. The van der Waals surface area contributed by atoms with Gasteiger partial charge in [-0.1, -0.05) is 24.3 Å². The molecule has 27 heavy (non-hydrogen) atoms. The number of nitrogens with zero attached hydrogens (tertiary/aromatic N) is 2. The van der Waals surface area contributed by atoms with Crippen LogP contribution in [0.2, 0.25) is 0 Å². The number of aromatic nitrogens is 3. The molecule has 0 radical (unpaired) electrons. The van der Waals surface area contributed by atoms with Gasteiger partial charge in [-0.2, -0.15) is 0 Å². The van der Waals surface area contributed by atoms with E-state index in [1.165, 1.54) is 6.07 Å². The van der Waals surface area contributed by atoms with E-state index in [1.807, 2.05) is 59.4 Å². The third kappa shape index (κ3) is 2.52. The molecule has 5 rings (SSSR count). The minimum absolute atomic E-state index is 0.300. The predicted octanol–water partition coefficient (Wildman–Crippen LogP) is 4.78. The summed E-state index contributed by atoms with van der Waals surface area (Å²) in [5.41, 5.74) is 5.62. The van der Waals surface area contributed by atoms with Gasteiger partial charge in [-0.25, -0.2) is 9.37 Å². The summed E-state index contributed by atoms with van der Waals surface area (Å²) >= 11 is 0. The Bertz CT molecular complexity index is 1290. The number of H-pyrrole nitrogens is 1. The van der Waals surface area contributed by atoms with Gasteiger partial charge in [-0.15, -0.1) is 0 Å². The van der Waals surface area contributed by atoms with Crippen molar-refractivity contribution < 1.29 is 9.50 Å². The number of halogens is 1. The number of fused-ring (bicyclic) bond motifs is 2. The summed E-state index contributed by atoms with van der Waals surface area (Å²) < 4.78 is 15.9. The zero-order valence-electron chi connectivity index (χ0n) is 14.4. The van der Waals surface area contributed by atoms with Gasteiger partial charge >= 0.3 is 0 Å². The van der Waals surface area contributed by atoms with Crippen molar-refractivity contribution in [1.29, 1.82) is 0 Å². The maximum absolute atomic E-state index is 14.0. The molecule has 0 saturated carbocycles. The molecule has 5 aromatic rings. The molecular formula is C22H16FN3O. The first-order valence-electron chi connectivity index (χ1n) is 8.68. The van der Waals surface area contributed by atoms with Gasteiger partial charge in [0.1, 0.15) is 11.5 Å². The van der Waals surface area contributed by atoms with Gasteiger partial charge in [0, 0.05) is 40.6 Å². The molecule has 4 nitrogen and oxygen atoms in total. The second kappa shape index (κ2) is 6.07. The zero-order valence-corrected chi connectivity index (χ0v) is 14.4. The Morgan fingerprint density at radius 3 is 2.70 bits per heavy atom. The lowest BCUT2D eigenvalue weighted by Crippen LogP contribution is -1.95. The summed E-state index contributed by atoms with van der Waals surface area (Å²) in [6, 6.07) is 16.8. The average Bonchev–Trinajstić information content (AvgIpc) is 3.33. The van der Waals surface area contributed by atoms with E-state index in [0.29, 0.717) is 11.1 Å². The first-order valence-corrected chi connectivity index (χ1v) is 8.68. The van der Waals surface area contributed by atoms with Crippen LogP contribution in [0.3, 0.4) is 0 Å². The van der Waals surface area contributed by atoms with Gasteiger partial charge in [-0.3, -0.25) is 0 Å². The molecule has 0 saturated heterocycles. The van der Waals surface area contributed by atoms with E-state index in [1.54, 1.807) is 6.07 Å². The quantitative estimate of drug-likeness (QED) is 0.488. The van der Waals surface area contributed by atoms with Gasteiger partial charge < -0.3 is 14.5 Å². The number of benzene rings is 2. The monoisotopic (exact) mass is 357 g/mol. The molecule has 0 atom stereocenters. The van der Waals surface area contributed by atoms with Gasteiger partial charge in [0.15, 0.2) is 0 Å². The topological polar surface area (TPSA) is 53.3 Å². The van der Waals surface area contributed by atoms with Crippen LogP contribution < -0.4 is 0 Å². The maximum atomic E-state index is 14.0. The second-order valence-electron chi connectivity index (χ2n) is 6.48. The van der Waals surface area contributed by atoms with Crippen molar-refractivity contribution in [2.75, 3.05) is 0 Å². The molecule has 0 aliphatic carbocycles.